The van der Waals surface area contributed by atoms with Gasteiger partial charge in [0.15, 0.2) is 0 Å². The number of allylic oxidation sites excluding steroid dienone is 1. The van der Waals surface area contributed by atoms with E-state index in [0.717, 1.165) is 36.7 Å². The van der Waals surface area contributed by atoms with Crippen LogP contribution in [-0.4, -0.2) is 29.2 Å². The van der Waals surface area contributed by atoms with E-state index in [-0.39, 0.29) is 5.91 Å². The van der Waals surface area contributed by atoms with Gasteiger partial charge in [-0.2, -0.15) is 0 Å². The van der Waals surface area contributed by atoms with E-state index in [9.17, 15) is 15.0 Å². The minimum atomic E-state index is -2.04. The second kappa shape index (κ2) is 11.6. The molecule has 4 N–H and O–H groups in total. The zero-order chi connectivity index (χ0) is 19.5. The molecule has 0 bridgehead atoms. The van der Waals surface area contributed by atoms with E-state index in [1.165, 1.54) is 31.3 Å². The molecule has 0 radical (unpaired) electrons. The third kappa shape index (κ3) is 8.56. The molecule has 1 aliphatic carbocycles. The predicted molar refractivity (Wildman–Crippen MR) is 111 cm³/mol. The first-order valence-corrected chi connectivity index (χ1v) is 10.7. The fourth-order valence-electron chi connectivity index (χ4n) is 3.22. The number of unbranched alkanes of at least 4 members (excludes halogenated alkanes) is 2. The van der Waals surface area contributed by atoms with Crippen molar-refractivity contribution in [2.75, 3.05) is 13.1 Å². The number of carbonyl (C=O) groups excluding carboxylic acids is 1. The summed E-state index contributed by atoms with van der Waals surface area (Å²) in [4.78, 5) is 11.9. The Balaban J connectivity index is 1.51. The summed E-state index contributed by atoms with van der Waals surface area (Å²) in [5.74, 6) is -1.93. The van der Waals surface area contributed by atoms with Crippen LogP contribution in [0, 0.1) is 0 Å². The summed E-state index contributed by atoms with van der Waals surface area (Å²) in [7, 11) is 0. The maximum absolute atomic E-state index is 11.9. The normalized spacial score (nSPS) is 14.7. The van der Waals surface area contributed by atoms with Crippen molar-refractivity contribution in [3.8, 4) is 0 Å². The highest BCUT2D eigenvalue weighted by molar-refractivity contribution is 9.10. The van der Waals surface area contributed by atoms with E-state index in [1.807, 2.05) is 0 Å². The van der Waals surface area contributed by atoms with Crippen LogP contribution in [-0.2, 0) is 10.7 Å². The summed E-state index contributed by atoms with van der Waals surface area (Å²) in [5, 5.41) is 25.9. The minimum absolute atomic E-state index is 0.105. The van der Waals surface area contributed by atoms with E-state index in [4.69, 9.17) is 0 Å². The summed E-state index contributed by atoms with van der Waals surface area (Å²) >= 11 is 3.32. The lowest BCUT2D eigenvalue weighted by molar-refractivity contribution is -0.194. The highest BCUT2D eigenvalue weighted by atomic mass is 79.9. The molecule has 1 aromatic rings. The molecule has 0 aliphatic heterocycles. The van der Waals surface area contributed by atoms with E-state index < -0.39 is 5.91 Å². The monoisotopic (exact) mass is 438 g/mol. The van der Waals surface area contributed by atoms with Crippen LogP contribution in [0.2, 0.25) is 0 Å². The number of aliphatic hydroxyl groups is 2. The third-order valence-corrected chi connectivity index (χ3v) is 5.38. The van der Waals surface area contributed by atoms with E-state index in [1.54, 1.807) is 24.3 Å². The van der Waals surface area contributed by atoms with Crippen molar-refractivity contribution in [3.63, 3.8) is 0 Å². The number of halogens is 1. The van der Waals surface area contributed by atoms with Gasteiger partial charge in [-0.25, -0.2) is 0 Å². The second-order valence-electron chi connectivity index (χ2n) is 7.12. The van der Waals surface area contributed by atoms with Crippen LogP contribution in [0.25, 0.3) is 0 Å². The molecule has 27 heavy (non-hydrogen) atoms. The van der Waals surface area contributed by atoms with Crippen molar-refractivity contribution in [1.82, 2.24) is 10.6 Å². The van der Waals surface area contributed by atoms with Gasteiger partial charge < -0.3 is 15.5 Å². The van der Waals surface area contributed by atoms with E-state index in [2.05, 4.69) is 32.6 Å². The Labute approximate surface area is 170 Å². The van der Waals surface area contributed by atoms with Crippen LogP contribution >= 0.6 is 15.9 Å². The molecular formula is C21H31BrN2O3. The highest BCUT2D eigenvalue weighted by Gasteiger charge is 2.24. The molecule has 0 unspecified atom stereocenters. The van der Waals surface area contributed by atoms with Crippen molar-refractivity contribution in [3.05, 3.63) is 46.0 Å². The molecule has 2 rings (SSSR count). The van der Waals surface area contributed by atoms with Gasteiger partial charge in [0.2, 0.25) is 5.91 Å². The average molecular weight is 439 g/mol. The zero-order valence-electron chi connectivity index (χ0n) is 15.8. The molecule has 1 amide bonds. The number of hydrogen-bond donors (Lipinski definition) is 4. The van der Waals surface area contributed by atoms with E-state index in [0.29, 0.717) is 18.5 Å². The quantitative estimate of drug-likeness (QED) is 0.241. The zero-order valence-corrected chi connectivity index (χ0v) is 17.4. The van der Waals surface area contributed by atoms with Gasteiger partial charge >= 0.3 is 0 Å². The number of hydrogen-bond acceptors (Lipinski definition) is 4. The maximum Gasteiger partial charge on any atom is 0.250 e. The van der Waals surface area contributed by atoms with Crippen LogP contribution < -0.4 is 10.6 Å². The van der Waals surface area contributed by atoms with Gasteiger partial charge in [-0.1, -0.05) is 46.1 Å². The number of carbonyl (C=O) groups is 1. The van der Waals surface area contributed by atoms with E-state index >= 15 is 0 Å². The number of rotatable bonds is 11. The van der Waals surface area contributed by atoms with Crippen LogP contribution in [0.5, 0.6) is 0 Å². The Hall–Kier alpha value is -1.21. The van der Waals surface area contributed by atoms with Gasteiger partial charge in [-0.15, -0.1) is 0 Å². The summed E-state index contributed by atoms with van der Waals surface area (Å²) in [6, 6.07) is 6.85. The number of amides is 1. The summed E-state index contributed by atoms with van der Waals surface area (Å²) in [5.41, 5.74) is 1.88. The van der Waals surface area contributed by atoms with Crippen molar-refractivity contribution in [1.29, 1.82) is 0 Å². The molecule has 5 nitrogen and oxygen atoms in total. The van der Waals surface area contributed by atoms with Crippen LogP contribution in [0.3, 0.4) is 0 Å². The lowest BCUT2D eigenvalue weighted by atomic mass is 9.97. The smallest absolute Gasteiger partial charge is 0.250 e. The first-order valence-electron chi connectivity index (χ1n) is 9.88. The molecule has 0 saturated heterocycles. The van der Waals surface area contributed by atoms with Gasteiger partial charge in [0.05, 0.1) is 0 Å². The molecule has 1 aliphatic rings. The van der Waals surface area contributed by atoms with Gasteiger partial charge in [0.1, 0.15) is 0 Å². The van der Waals surface area contributed by atoms with Gasteiger partial charge in [-0.05, 0) is 57.1 Å². The molecule has 0 spiro atoms. The maximum atomic E-state index is 11.9. The number of benzene rings is 1. The Morgan fingerprint density at radius 3 is 2.56 bits per heavy atom. The first kappa shape index (κ1) is 22.1. The van der Waals surface area contributed by atoms with Gasteiger partial charge in [0.25, 0.3) is 5.91 Å². The molecule has 150 valence electrons. The molecule has 0 aromatic heterocycles. The molecule has 1 aromatic carbocycles. The lowest BCUT2D eigenvalue weighted by Gasteiger charge is -2.23. The fraction of sp³-hybridized carbons (Fsp3) is 0.571. The topological polar surface area (TPSA) is 81.6 Å². The molecule has 0 fully saturated rings. The van der Waals surface area contributed by atoms with Crippen LogP contribution in [0.1, 0.15) is 63.4 Å². The Morgan fingerprint density at radius 2 is 1.85 bits per heavy atom. The molecular weight excluding hydrogens is 408 g/mol. The Kier molecular flexibility index (Phi) is 9.48. The predicted octanol–water partition coefficient (Wildman–Crippen LogP) is 3.70. The van der Waals surface area contributed by atoms with Crippen molar-refractivity contribution in [2.45, 2.75) is 63.7 Å². The van der Waals surface area contributed by atoms with Gasteiger partial charge in [-0.3, -0.25) is 10.1 Å². The van der Waals surface area contributed by atoms with Crippen molar-refractivity contribution in [2.24, 2.45) is 0 Å². The summed E-state index contributed by atoms with van der Waals surface area (Å²) in [6.45, 7) is 1.20. The molecule has 0 atom stereocenters. The Bertz CT molecular complexity index is 614. The largest absolute Gasteiger partial charge is 0.356 e. The molecule has 6 heteroatoms. The Morgan fingerprint density at radius 1 is 1.07 bits per heavy atom. The molecule has 0 saturated carbocycles. The van der Waals surface area contributed by atoms with Crippen LogP contribution in [0.15, 0.2) is 40.4 Å². The molecule has 0 heterocycles. The fourth-order valence-corrected chi connectivity index (χ4v) is 3.48. The standard InChI is InChI=1S/C21H31BrN2O3/c22-19-12-10-18(11-13-19)21(26,27)24-15-6-2-5-9-20(25)23-16-14-17-7-3-1-4-8-17/h7,10-13,24,26-27H,1-6,8-9,14-16H2,(H,23,25). The van der Waals surface area contributed by atoms with Crippen LogP contribution in [0.4, 0.5) is 0 Å². The SMILES string of the molecule is O=C(CCCCCNC(O)(O)c1ccc(Br)cc1)NCCC1=CCCCC1. The average Bonchev–Trinajstić information content (AvgIpc) is 2.66. The summed E-state index contributed by atoms with van der Waals surface area (Å²) < 4.78 is 0.885. The second-order valence-corrected chi connectivity index (χ2v) is 8.04. The lowest BCUT2D eigenvalue weighted by Crippen LogP contribution is -2.42. The minimum Gasteiger partial charge on any atom is -0.356 e. The van der Waals surface area contributed by atoms with Crippen molar-refractivity contribution >= 4 is 21.8 Å². The third-order valence-electron chi connectivity index (χ3n) is 4.85. The summed E-state index contributed by atoms with van der Waals surface area (Å²) in [6.07, 6.45) is 11.2. The highest BCUT2D eigenvalue weighted by Crippen LogP contribution is 2.20. The first-order chi connectivity index (χ1) is 13.0. The van der Waals surface area contributed by atoms with Crippen molar-refractivity contribution < 1.29 is 15.0 Å². The van der Waals surface area contributed by atoms with Gasteiger partial charge in [0, 0.05) is 29.5 Å². The number of nitrogens with one attached hydrogen (secondary N) is 2.